The number of methoxy groups -OCH3 is 1. The van der Waals surface area contributed by atoms with Gasteiger partial charge in [-0.05, 0) is 31.1 Å². The van der Waals surface area contributed by atoms with E-state index in [9.17, 15) is 18.0 Å². The van der Waals surface area contributed by atoms with Crippen molar-refractivity contribution in [2.75, 3.05) is 18.6 Å². The first-order valence-electron chi connectivity index (χ1n) is 6.28. The van der Waals surface area contributed by atoms with Gasteiger partial charge in [0.1, 0.15) is 0 Å². The Morgan fingerprint density at radius 1 is 1.26 bits per heavy atom. The summed E-state index contributed by atoms with van der Waals surface area (Å²) in [7, 11) is -1.94. The average Bonchev–Trinajstić information content (AvgIpc) is 3.02. The molecule has 0 aromatic carbocycles. The second-order valence-electron chi connectivity index (χ2n) is 5.20. The molecule has 0 amide bonds. The minimum absolute atomic E-state index is 0.00215. The van der Waals surface area contributed by atoms with Crippen LogP contribution in [0.1, 0.15) is 38.5 Å². The number of unbranched alkanes of at least 4 members (excludes halogenated alkanes) is 1. The number of carbonyl (C=O) groups excluding carboxylic acids is 1. The first kappa shape index (κ1) is 15.9. The van der Waals surface area contributed by atoms with E-state index in [0.717, 1.165) is 12.8 Å². The zero-order chi connectivity index (χ0) is 14.5. The number of carbonyl (C=O) groups is 2. The van der Waals surface area contributed by atoms with E-state index in [2.05, 4.69) is 4.74 Å². The molecule has 0 aliphatic heterocycles. The van der Waals surface area contributed by atoms with Crippen LogP contribution in [0.3, 0.4) is 0 Å². The Kier molecular flexibility index (Phi) is 5.34. The third-order valence-corrected chi connectivity index (χ3v) is 5.29. The molecule has 0 radical (unpaired) electrons. The minimum atomic E-state index is -3.23. The van der Waals surface area contributed by atoms with E-state index in [1.165, 1.54) is 7.11 Å². The quantitative estimate of drug-likeness (QED) is 0.503. The third kappa shape index (κ3) is 6.04. The summed E-state index contributed by atoms with van der Waals surface area (Å²) < 4.78 is 28.4. The van der Waals surface area contributed by atoms with Crippen LogP contribution in [-0.2, 0) is 24.2 Å². The maximum atomic E-state index is 11.9. The Hall–Kier alpha value is -1.11. The highest BCUT2D eigenvalue weighted by Crippen LogP contribution is 2.50. The van der Waals surface area contributed by atoms with Gasteiger partial charge in [-0.1, -0.05) is 0 Å². The van der Waals surface area contributed by atoms with Gasteiger partial charge in [0.15, 0.2) is 9.84 Å². The van der Waals surface area contributed by atoms with Gasteiger partial charge in [-0.2, -0.15) is 0 Å². The Morgan fingerprint density at radius 2 is 1.89 bits per heavy atom. The van der Waals surface area contributed by atoms with E-state index in [1.807, 2.05) is 0 Å². The number of hydrogen-bond donors (Lipinski definition) is 1. The Labute approximate surface area is 113 Å². The molecule has 1 fully saturated rings. The summed E-state index contributed by atoms with van der Waals surface area (Å²) in [6.07, 6.45) is 2.31. The summed E-state index contributed by atoms with van der Waals surface area (Å²) >= 11 is 0. The van der Waals surface area contributed by atoms with E-state index in [4.69, 9.17) is 5.11 Å². The van der Waals surface area contributed by atoms with Gasteiger partial charge in [-0.15, -0.1) is 0 Å². The molecule has 110 valence electrons. The SMILES string of the molecule is COC(=O)CC1(CS(=O)(=O)CCCCC(=O)O)CC1. The molecule has 7 heteroatoms. The fourth-order valence-electron chi connectivity index (χ4n) is 2.06. The van der Waals surface area contributed by atoms with Crippen LogP contribution >= 0.6 is 0 Å². The zero-order valence-corrected chi connectivity index (χ0v) is 11.9. The smallest absolute Gasteiger partial charge is 0.306 e. The van der Waals surface area contributed by atoms with Crippen molar-refractivity contribution in [2.24, 2.45) is 5.41 Å². The molecule has 1 aliphatic carbocycles. The Balaban J connectivity index is 2.38. The maximum absolute atomic E-state index is 11.9. The van der Waals surface area contributed by atoms with Gasteiger partial charge in [-0.3, -0.25) is 9.59 Å². The van der Waals surface area contributed by atoms with Crippen molar-refractivity contribution in [1.82, 2.24) is 0 Å². The first-order chi connectivity index (χ1) is 8.79. The molecule has 0 aromatic rings. The van der Waals surface area contributed by atoms with Gasteiger partial charge >= 0.3 is 11.9 Å². The van der Waals surface area contributed by atoms with E-state index in [1.54, 1.807) is 0 Å². The highest BCUT2D eigenvalue weighted by Gasteiger charge is 2.47. The molecule has 0 aromatic heterocycles. The van der Waals surface area contributed by atoms with Crippen LogP contribution in [0.2, 0.25) is 0 Å². The molecule has 6 nitrogen and oxygen atoms in total. The molecular formula is C12H20O6S. The van der Waals surface area contributed by atoms with Gasteiger partial charge in [0.25, 0.3) is 0 Å². The number of aliphatic carboxylic acids is 1. The van der Waals surface area contributed by atoms with Gasteiger partial charge in [0.05, 0.1) is 25.0 Å². The molecular weight excluding hydrogens is 272 g/mol. The molecule has 19 heavy (non-hydrogen) atoms. The van der Waals surface area contributed by atoms with Crippen LogP contribution in [0.4, 0.5) is 0 Å². The van der Waals surface area contributed by atoms with Crippen molar-refractivity contribution in [3.05, 3.63) is 0 Å². The summed E-state index contributed by atoms with van der Waals surface area (Å²) in [5.74, 6) is -1.30. The topological polar surface area (TPSA) is 97.7 Å². The lowest BCUT2D eigenvalue weighted by Gasteiger charge is -2.13. The summed E-state index contributed by atoms with van der Waals surface area (Å²) in [6.45, 7) is 0. The van der Waals surface area contributed by atoms with Crippen molar-refractivity contribution in [2.45, 2.75) is 38.5 Å². The molecule has 0 atom stereocenters. The summed E-state index contributed by atoms with van der Waals surface area (Å²) in [5.41, 5.74) is -0.432. The van der Waals surface area contributed by atoms with E-state index in [-0.39, 0.29) is 30.3 Å². The van der Waals surface area contributed by atoms with E-state index < -0.39 is 21.2 Å². The number of rotatable bonds is 9. The lowest BCUT2D eigenvalue weighted by Crippen LogP contribution is -2.23. The Bertz CT molecular complexity index is 435. The van der Waals surface area contributed by atoms with Crippen molar-refractivity contribution in [3.8, 4) is 0 Å². The predicted octanol–water partition coefficient (Wildman–Crippen LogP) is 0.999. The van der Waals surface area contributed by atoms with Crippen LogP contribution < -0.4 is 0 Å². The van der Waals surface area contributed by atoms with Crippen molar-refractivity contribution in [1.29, 1.82) is 0 Å². The van der Waals surface area contributed by atoms with Crippen LogP contribution in [-0.4, -0.2) is 44.1 Å². The number of ether oxygens (including phenoxy) is 1. The molecule has 0 bridgehead atoms. The zero-order valence-electron chi connectivity index (χ0n) is 11.1. The number of hydrogen-bond acceptors (Lipinski definition) is 5. The predicted molar refractivity (Wildman–Crippen MR) is 68.4 cm³/mol. The summed E-state index contributed by atoms with van der Waals surface area (Å²) in [6, 6.07) is 0. The second-order valence-corrected chi connectivity index (χ2v) is 7.38. The standard InChI is InChI=1S/C12H20O6S/c1-18-11(15)8-12(5-6-12)9-19(16,17)7-3-2-4-10(13)14/h2-9H2,1H3,(H,13,14). The first-order valence-corrected chi connectivity index (χ1v) is 8.10. The molecule has 1 aliphatic rings. The average molecular weight is 292 g/mol. The second kappa shape index (κ2) is 6.36. The van der Waals surface area contributed by atoms with E-state index >= 15 is 0 Å². The monoisotopic (exact) mass is 292 g/mol. The molecule has 1 saturated carbocycles. The number of sulfone groups is 1. The van der Waals surface area contributed by atoms with Crippen LogP contribution in [0, 0.1) is 5.41 Å². The van der Waals surface area contributed by atoms with Crippen molar-refractivity contribution in [3.63, 3.8) is 0 Å². The van der Waals surface area contributed by atoms with Crippen LogP contribution in [0.15, 0.2) is 0 Å². The lowest BCUT2D eigenvalue weighted by molar-refractivity contribution is -0.142. The number of carboxylic acids is 1. The largest absolute Gasteiger partial charge is 0.481 e. The lowest BCUT2D eigenvalue weighted by atomic mass is 10.1. The fourth-order valence-corrected chi connectivity index (χ4v) is 4.18. The molecule has 0 saturated heterocycles. The van der Waals surface area contributed by atoms with Crippen LogP contribution in [0.25, 0.3) is 0 Å². The van der Waals surface area contributed by atoms with Crippen molar-refractivity contribution < 1.29 is 27.9 Å². The van der Waals surface area contributed by atoms with Crippen LogP contribution in [0.5, 0.6) is 0 Å². The fraction of sp³-hybridized carbons (Fsp3) is 0.833. The molecule has 1 N–H and O–H groups in total. The normalized spacial score (nSPS) is 16.9. The number of carboxylic acid groups (broad SMARTS) is 1. The molecule has 1 rings (SSSR count). The highest BCUT2D eigenvalue weighted by atomic mass is 32.2. The number of esters is 1. The summed E-state index contributed by atoms with van der Waals surface area (Å²) in [4.78, 5) is 21.5. The minimum Gasteiger partial charge on any atom is -0.481 e. The van der Waals surface area contributed by atoms with Gasteiger partial charge in [0.2, 0.25) is 0 Å². The van der Waals surface area contributed by atoms with E-state index in [0.29, 0.717) is 12.8 Å². The molecule has 0 spiro atoms. The molecule has 0 unspecified atom stereocenters. The van der Waals surface area contributed by atoms with Gasteiger partial charge < -0.3 is 9.84 Å². The maximum Gasteiger partial charge on any atom is 0.306 e. The van der Waals surface area contributed by atoms with Gasteiger partial charge in [-0.25, -0.2) is 8.42 Å². The molecule has 0 heterocycles. The highest BCUT2D eigenvalue weighted by molar-refractivity contribution is 7.91. The third-order valence-electron chi connectivity index (χ3n) is 3.33. The Morgan fingerprint density at radius 3 is 2.37 bits per heavy atom. The van der Waals surface area contributed by atoms with Crippen molar-refractivity contribution >= 4 is 21.8 Å². The summed E-state index contributed by atoms with van der Waals surface area (Å²) in [5, 5.41) is 8.46. The van der Waals surface area contributed by atoms with Gasteiger partial charge in [0, 0.05) is 6.42 Å².